The molecule has 0 spiro atoms. The summed E-state index contributed by atoms with van der Waals surface area (Å²) in [4.78, 5) is 0. The van der Waals surface area contributed by atoms with Crippen molar-refractivity contribution in [1.82, 2.24) is 4.72 Å². The van der Waals surface area contributed by atoms with E-state index in [0.717, 1.165) is 15.9 Å². The first-order chi connectivity index (χ1) is 9.96. The van der Waals surface area contributed by atoms with Gasteiger partial charge < -0.3 is 14.5 Å². The van der Waals surface area contributed by atoms with E-state index in [1.54, 1.807) is 13.2 Å². The predicted molar refractivity (Wildman–Crippen MR) is 83.0 cm³/mol. The summed E-state index contributed by atoms with van der Waals surface area (Å²) in [6.45, 7) is 0.373. The molecule has 0 fully saturated rings. The van der Waals surface area contributed by atoms with Crippen molar-refractivity contribution < 1.29 is 17.6 Å². The van der Waals surface area contributed by atoms with Crippen LogP contribution in [0.15, 0.2) is 44.3 Å². The summed E-state index contributed by atoms with van der Waals surface area (Å²) >= 11 is 3.40. The van der Waals surface area contributed by atoms with E-state index in [0.29, 0.717) is 12.3 Å². The molecule has 2 N–H and O–H groups in total. The van der Waals surface area contributed by atoms with Gasteiger partial charge in [-0.1, -0.05) is 0 Å². The van der Waals surface area contributed by atoms with Crippen molar-refractivity contribution in [2.75, 3.05) is 19.5 Å². The van der Waals surface area contributed by atoms with Gasteiger partial charge >= 0.3 is 0 Å². The summed E-state index contributed by atoms with van der Waals surface area (Å²) in [6, 6.07) is 8.60. The van der Waals surface area contributed by atoms with Crippen LogP contribution in [0.4, 0.5) is 5.69 Å². The number of anilines is 1. The molecule has 2 rings (SSSR count). The Morgan fingerprint density at radius 1 is 1.29 bits per heavy atom. The zero-order chi connectivity index (χ0) is 15.5. The van der Waals surface area contributed by atoms with E-state index in [-0.39, 0.29) is 5.09 Å². The second-order valence-electron chi connectivity index (χ2n) is 4.13. The molecule has 0 aliphatic carbocycles. The zero-order valence-electron chi connectivity index (χ0n) is 11.5. The highest BCUT2D eigenvalue weighted by molar-refractivity contribution is 9.10. The predicted octanol–water partition coefficient (Wildman–Crippen LogP) is 2.57. The summed E-state index contributed by atoms with van der Waals surface area (Å²) in [5.74, 6) is 1.26. The second-order valence-corrected chi connectivity index (χ2v) is 6.80. The molecular weight excluding hydrogens is 360 g/mol. The van der Waals surface area contributed by atoms with E-state index in [1.807, 2.05) is 18.2 Å². The van der Waals surface area contributed by atoms with Crippen molar-refractivity contribution in [2.45, 2.75) is 11.6 Å². The van der Waals surface area contributed by atoms with Crippen LogP contribution in [0.1, 0.15) is 5.76 Å². The number of furan rings is 1. The number of hydrogen-bond acceptors (Lipinski definition) is 5. The number of hydrogen-bond donors (Lipinski definition) is 2. The summed E-state index contributed by atoms with van der Waals surface area (Å²) < 4.78 is 36.6. The standard InChI is InChI=1S/C13H15BrN2O4S/c1-15-21(17,18)13-6-4-10(20-13)8-16-9-3-5-12(19-2)11(14)7-9/h3-7,15-16H,8H2,1-2H3. The fourth-order valence-electron chi connectivity index (χ4n) is 1.66. The monoisotopic (exact) mass is 374 g/mol. The largest absolute Gasteiger partial charge is 0.496 e. The van der Waals surface area contributed by atoms with Gasteiger partial charge in [0.1, 0.15) is 11.5 Å². The van der Waals surface area contributed by atoms with Gasteiger partial charge in [0.05, 0.1) is 18.1 Å². The molecule has 8 heteroatoms. The first-order valence-corrected chi connectivity index (χ1v) is 8.33. The van der Waals surface area contributed by atoms with E-state index in [9.17, 15) is 8.42 Å². The third-order valence-electron chi connectivity index (χ3n) is 2.79. The molecule has 21 heavy (non-hydrogen) atoms. The Balaban J connectivity index is 2.05. The highest BCUT2D eigenvalue weighted by Crippen LogP contribution is 2.28. The normalized spacial score (nSPS) is 11.4. The second kappa shape index (κ2) is 6.50. The van der Waals surface area contributed by atoms with Gasteiger partial charge in [-0.3, -0.25) is 0 Å². The molecule has 0 atom stereocenters. The van der Waals surface area contributed by atoms with Gasteiger partial charge in [-0.25, -0.2) is 13.1 Å². The Hall–Kier alpha value is -1.51. The summed E-state index contributed by atoms with van der Waals surface area (Å²) in [6.07, 6.45) is 0. The fourth-order valence-corrected chi connectivity index (χ4v) is 2.87. The Morgan fingerprint density at radius 2 is 2.05 bits per heavy atom. The molecule has 6 nitrogen and oxygen atoms in total. The summed E-state index contributed by atoms with van der Waals surface area (Å²) in [7, 11) is -0.610. The first-order valence-electron chi connectivity index (χ1n) is 6.06. The van der Waals surface area contributed by atoms with Gasteiger partial charge in [-0.15, -0.1) is 0 Å². The van der Waals surface area contributed by atoms with Crippen LogP contribution in [0.5, 0.6) is 5.75 Å². The van der Waals surface area contributed by atoms with Crippen LogP contribution in [0.2, 0.25) is 0 Å². The number of ether oxygens (including phenoxy) is 1. The highest BCUT2D eigenvalue weighted by atomic mass is 79.9. The van der Waals surface area contributed by atoms with E-state index < -0.39 is 10.0 Å². The van der Waals surface area contributed by atoms with Crippen molar-refractivity contribution in [2.24, 2.45) is 0 Å². The van der Waals surface area contributed by atoms with Crippen molar-refractivity contribution >= 4 is 31.6 Å². The maximum absolute atomic E-state index is 11.6. The van der Waals surface area contributed by atoms with Gasteiger partial charge in [0, 0.05) is 5.69 Å². The smallest absolute Gasteiger partial charge is 0.273 e. The fraction of sp³-hybridized carbons (Fsp3) is 0.231. The van der Waals surface area contributed by atoms with Crippen molar-refractivity contribution in [3.05, 3.63) is 40.6 Å². The topological polar surface area (TPSA) is 80.6 Å². The maximum Gasteiger partial charge on any atom is 0.273 e. The number of sulfonamides is 1. The molecule has 1 aromatic carbocycles. The molecule has 0 saturated heterocycles. The van der Waals surface area contributed by atoms with E-state index in [4.69, 9.17) is 9.15 Å². The Morgan fingerprint density at radius 3 is 2.67 bits per heavy atom. The average molecular weight is 375 g/mol. The minimum absolute atomic E-state index is 0.0993. The van der Waals surface area contributed by atoms with Crippen LogP contribution in [-0.2, 0) is 16.6 Å². The van der Waals surface area contributed by atoms with Gasteiger partial charge in [0.25, 0.3) is 10.0 Å². The minimum atomic E-state index is -3.54. The van der Waals surface area contributed by atoms with Crippen LogP contribution < -0.4 is 14.8 Å². The molecule has 0 bridgehead atoms. The van der Waals surface area contributed by atoms with Crippen molar-refractivity contribution in [1.29, 1.82) is 0 Å². The zero-order valence-corrected chi connectivity index (χ0v) is 13.9. The lowest BCUT2D eigenvalue weighted by Crippen LogP contribution is -2.17. The van der Waals surface area contributed by atoms with Gasteiger partial charge in [0.15, 0.2) is 0 Å². The average Bonchev–Trinajstić information content (AvgIpc) is 2.95. The van der Waals surface area contributed by atoms with Crippen LogP contribution in [0.25, 0.3) is 0 Å². The highest BCUT2D eigenvalue weighted by Gasteiger charge is 2.16. The third kappa shape index (κ3) is 3.78. The maximum atomic E-state index is 11.6. The lowest BCUT2D eigenvalue weighted by molar-refractivity contribution is 0.412. The Labute approximate surface area is 131 Å². The summed E-state index contributed by atoms with van der Waals surface area (Å²) in [5.41, 5.74) is 0.858. The molecule has 1 heterocycles. The van der Waals surface area contributed by atoms with E-state index >= 15 is 0 Å². The van der Waals surface area contributed by atoms with Crippen LogP contribution in [0.3, 0.4) is 0 Å². The molecule has 0 saturated carbocycles. The Kier molecular flexibility index (Phi) is 4.92. The van der Waals surface area contributed by atoms with Gasteiger partial charge in [0.2, 0.25) is 5.09 Å². The molecule has 114 valence electrons. The molecule has 0 aliphatic rings. The number of halogens is 1. The van der Waals surface area contributed by atoms with E-state index in [2.05, 4.69) is 26.0 Å². The van der Waals surface area contributed by atoms with Crippen molar-refractivity contribution in [3.8, 4) is 5.75 Å². The minimum Gasteiger partial charge on any atom is -0.496 e. The molecule has 1 aromatic heterocycles. The number of nitrogens with one attached hydrogen (secondary N) is 2. The quantitative estimate of drug-likeness (QED) is 0.811. The number of benzene rings is 1. The molecule has 0 aliphatic heterocycles. The third-order valence-corrected chi connectivity index (χ3v) is 4.70. The van der Waals surface area contributed by atoms with Crippen LogP contribution >= 0.6 is 15.9 Å². The lowest BCUT2D eigenvalue weighted by atomic mass is 10.3. The van der Waals surface area contributed by atoms with Gasteiger partial charge in [-0.2, -0.15) is 0 Å². The van der Waals surface area contributed by atoms with Gasteiger partial charge in [-0.05, 0) is 53.3 Å². The molecule has 2 aromatic rings. The summed E-state index contributed by atoms with van der Waals surface area (Å²) in [5, 5.41) is 3.04. The van der Waals surface area contributed by atoms with E-state index in [1.165, 1.54) is 13.1 Å². The molecular formula is C13H15BrN2O4S. The lowest BCUT2D eigenvalue weighted by Gasteiger charge is -2.08. The molecule has 0 amide bonds. The number of methoxy groups -OCH3 is 1. The SMILES string of the molecule is CNS(=O)(=O)c1ccc(CNc2ccc(OC)c(Br)c2)o1. The molecule has 0 radical (unpaired) electrons. The first kappa shape index (κ1) is 15.9. The van der Waals surface area contributed by atoms with Crippen LogP contribution in [-0.4, -0.2) is 22.6 Å². The molecule has 0 unspecified atom stereocenters. The van der Waals surface area contributed by atoms with Crippen LogP contribution in [0, 0.1) is 0 Å². The number of rotatable bonds is 6. The Bertz CT molecular complexity index is 728. The van der Waals surface area contributed by atoms with Crippen molar-refractivity contribution in [3.63, 3.8) is 0 Å².